The Kier molecular flexibility index (Phi) is 6.34. The van der Waals surface area contributed by atoms with Gasteiger partial charge in [-0.2, -0.15) is 9.97 Å². The highest BCUT2D eigenvalue weighted by Gasteiger charge is 2.23. The van der Waals surface area contributed by atoms with Crippen molar-refractivity contribution < 1.29 is 18.7 Å². The summed E-state index contributed by atoms with van der Waals surface area (Å²) in [4.78, 5) is 38.6. The molecule has 37 heavy (non-hydrogen) atoms. The lowest BCUT2D eigenvalue weighted by Crippen LogP contribution is -2.33. The maximum absolute atomic E-state index is 14.5. The van der Waals surface area contributed by atoms with E-state index in [0.29, 0.717) is 34.8 Å². The highest BCUT2D eigenvalue weighted by Crippen LogP contribution is 2.38. The van der Waals surface area contributed by atoms with Crippen LogP contribution in [0.25, 0.3) is 11.0 Å². The Balaban J connectivity index is 1.56. The summed E-state index contributed by atoms with van der Waals surface area (Å²) in [5.41, 5.74) is 3.09. The highest BCUT2D eigenvalue weighted by molar-refractivity contribution is 6.01. The topological polar surface area (TPSA) is 124 Å². The second-order valence-electron chi connectivity index (χ2n) is 8.58. The number of nitrogens with one attached hydrogen (secondary N) is 4. The van der Waals surface area contributed by atoms with Gasteiger partial charge in [0.2, 0.25) is 11.9 Å². The minimum absolute atomic E-state index is 0.0328. The van der Waals surface area contributed by atoms with Crippen molar-refractivity contribution in [3.8, 4) is 5.75 Å². The average molecular weight is 504 g/mol. The number of carbonyl (C=O) groups excluding carboxylic acids is 2. The maximum atomic E-state index is 14.5. The van der Waals surface area contributed by atoms with Gasteiger partial charge in [0.25, 0.3) is 5.91 Å². The summed E-state index contributed by atoms with van der Waals surface area (Å²) in [5.74, 6) is -0.0656. The van der Waals surface area contributed by atoms with Gasteiger partial charge in [-0.05, 0) is 48.7 Å². The molecule has 190 valence electrons. The molecule has 2 aromatic carbocycles. The number of nitrogens with zero attached hydrogens (tertiary/aromatic N) is 3. The monoisotopic (exact) mass is 503 g/mol. The zero-order valence-electron chi connectivity index (χ0n) is 20.6. The first-order valence-corrected chi connectivity index (χ1v) is 11.8. The van der Waals surface area contributed by atoms with Crippen LogP contribution in [0.2, 0.25) is 0 Å². The molecule has 1 aliphatic rings. The number of hydrogen-bond acceptors (Lipinski definition) is 7. The zero-order chi connectivity index (χ0) is 26.1. The third-order valence-corrected chi connectivity index (χ3v) is 6.28. The van der Waals surface area contributed by atoms with Gasteiger partial charge in [0.1, 0.15) is 23.0 Å². The molecule has 4 aromatic rings. The molecule has 0 fully saturated rings. The van der Waals surface area contributed by atoms with E-state index in [-0.39, 0.29) is 23.1 Å². The molecular weight excluding hydrogens is 477 g/mol. The molecule has 10 nitrogen and oxygen atoms in total. The van der Waals surface area contributed by atoms with Crippen LogP contribution in [-0.4, -0.2) is 47.5 Å². The van der Waals surface area contributed by atoms with Gasteiger partial charge >= 0.3 is 0 Å². The Morgan fingerprint density at radius 2 is 1.97 bits per heavy atom. The van der Waals surface area contributed by atoms with E-state index in [0.717, 1.165) is 24.1 Å². The highest BCUT2D eigenvalue weighted by atomic mass is 19.1. The molecule has 3 heterocycles. The minimum atomic E-state index is -0.657. The average Bonchev–Trinajstić information content (AvgIpc) is 3.36. The molecule has 1 aliphatic heterocycles. The van der Waals surface area contributed by atoms with Gasteiger partial charge in [-0.25, -0.2) is 4.39 Å². The zero-order valence-corrected chi connectivity index (χ0v) is 20.6. The van der Waals surface area contributed by atoms with E-state index >= 15 is 0 Å². The normalized spacial score (nSPS) is 12.7. The SMILES string of the molecule is CNC(=O)c1c(F)cccc1Nc1nc(Nc2cc3c(cc2OC)CCCN3C(C)=O)nc2[nH]ccc12. The maximum Gasteiger partial charge on any atom is 0.256 e. The van der Waals surface area contributed by atoms with Crippen molar-refractivity contribution in [3.05, 3.63) is 59.5 Å². The van der Waals surface area contributed by atoms with Crippen LogP contribution in [0.1, 0.15) is 29.3 Å². The van der Waals surface area contributed by atoms with Gasteiger partial charge < -0.3 is 30.6 Å². The number of amides is 2. The smallest absolute Gasteiger partial charge is 0.256 e. The largest absolute Gasteiger partial charge is 0.495 e. The number of methoxy groups -OCH3 is 1. The number of rotatable bonds is 6. The van der Waals surface area contributed by atoms with Crippen molar-refractivity contribution in [3.63, 3.8) is 0 Å². The fourth-order valence-corrected chi connectivity index (χ4v) is 4.53. The molecule has 0 spiro atoms. The fraction of sp³-hybridized carbons (Fsp3) is 0.231. The predicted molar refractivity (Wildman–Crippen MR) is 140 cm³/mol. The number of fused-ring (bicyclic) bond motifs is 2. The molecular formula is C26H26FN7O3. The second kappa shape index (κ2) is 9.76. The first-order valence-electron chi connectivity index (χ1n) is 11.8. The van der Waals surface area contributed by atoms with Crippen molar-refractivity contribution in [1.29, 1.82) is 0 Å². The molecule has 0 unspecified atom stereocenters. The van der Waals surface area contributed by atoms with Gasteiger partial charge in [0, 0.05) is 32.4 Å². The van der Waals surface area contributed by atoms with Crippen molar-refractivity contribution in [1.82, 2.24) is 20.3 Å². The number of ether oxygens (including phenoxy) is 1. The Morgan fingerprint density at radius 3 is 2.73 bits per heavy atom. The standard InChI is InChI=1S/C26H26FN7O3/c1-14(35)34-11-5-6-15-12-21(37-3)19(13-20(15)34)31-26-32-23-16(9-10-29-23)24(33-26)30-18-8-4-7-17(27)22(18)25(36)28-2/h4,7-10,12-13H,5-6,11H2,1-3H3,(H,28,36)(H3,29,30,31,32,33). The third-order valence-electron chi connectivity index (χ3n) is 6.28. The molecule has 0 radical (unpaired) electrons. The van der Waals surface area contributed by atoms with Crippen LogP contribution >= 0.6 is 0 Å². The van der Waals surface area contributed by atoms with Crippen LogP contribution in [0, 0.1) is 5.82 Å². The lowest BCUT2D eigenvalue weighted by molar-refractivity contribution is -0.116. The van der Waals surface area contributed by atoms with Gasteiger partial charge in [0.05, 0.1) is 29.4 Å². The molecule has 5 rings (SSSR count). The van der Waals surface area contributed by atoms with Gasteiger partial charge in [-0.1, -0.05) is 6.07 Å². The number of hydrogen-bond donors (Lipinski definition) is 4. The first kappa shape index (κ1) is 24.0. The third kappa shape index (κ3) is 4.51. The summed E-state index contributed by atoms with van der Waals surface area (Å²) in [6.07, 6.45) is 3.43. The first-order chi connectivity index (χ1) is 17.9. The summed E-state index contributed by atoms with van der Waals surface area (Å²) < 4.78 is 20.1. The van der Waals surface area contributed by atoms with E-state index in [9.17, 15) is 14.0 Å². The number of aromatic amines is 1. The van der Waals surface area contributed by atoms with E-state index in [1.54, 1.807) is 37.3 Å². The van der Waals surface area contributed by atoms with Gasteiger partial charge in [-0.15, -0.1) is 0 Å². The Labute approximate surface area is 212 Å². The number of H-pyrrole nitrogens is 1. The number of anilines is 5. The molecule has 0 atom stereocenters. The lowest BCUT2D eigenvalue weighted by Gasteiger charge is -2.29. The van der Waals surface area contributed by atoms with Crippen molar-refractivity contribution in [2.75, 3.05) is 36.2 Å². The molecule has 11 heteroatoms. The summed E-state index contributed by atoms with van der Waals surface area (Å²) in [6, 6.07) is 9.90. The summed E-state index contributed by atoms with van der Waals surface area (Å²) in [7, 11) is 3.01. The van der Waals surface area contributed by atoms with Gasteiger partial charge in [0.15, 0.2) is 0 Å². The molecule has 4 N–H and O–H groups in total. The van der Waals surface area contributed by atoms with Crippen LogP contribution in [0.15, 0.2) is 42.6 Å². The molecule has 0 bridgehead atoms. The van der Waals surface area contributed by atoms with Crippen LogP contribution in [-0.2, 0) is 11.2 Å². The quantitative estimate of drug-likeness (QED) is 0.310. The van der Waals surface area contributed by atoms with Crippen LogP contribution in [0.4, 0.5) is 33.2 Å². The van der Waals surface area contributed by atoms with E-state index in [1.807, 2.05) is 12.1 Å². The Morgan fingerprint density at radius 1 is 1.14 bits per heavy atom. The van der Waals surface area contributed by atoms with Crippen molar-refractivity contribution in [2.45, 2.75) is 19.8 Å². The number of carbonyl (C=O) groups is 2. The lowest BCUT2D eigenvalue weighted by atomic mass is 10.0. The summed E-state index contributed by atoms with van der Waals surface area (Å²) >= 11 is 0. The number of benzene rings is 2. The van der Waals surface area contributed by atoms with Crippen molar-refractivity contribution in [2.24, 2.45) is 0 Å². The van der Waals surface area contributed by atoms with Crippen LogP contribution < -0.4 is 25.6 Å². The minimum Gasteiger partial charge on any atom is -0.495 e. The van der Waals surface area contributed by atoms with Crippen LogP contribution in [0.5, 0.6) is 5.75 Å². The fourth-order valence-electron chi connectivity index (χ4n) is 4.53. The van der Waals surface area contributed by atoms with E-state index in [1.165, 1.54) is 19.2 Å². The van der Waals surface area contributed by atoms with E-state index in [2.05, 4.69) is 30.9 Å². The number of aryl methyl sites for hydroxylation is 1. The Bertz CT molecular complexity index is 1520. The molecule has 0 saturated heterocycles. The van der Waals surface area contributed by atoms with Gasteiger partial charge in [-0.3, -0.25) is 9.59 Å². The molecule has 0 saturated carbocycles. The summed E-state index contributed by atoms with van der Waals surface area (Å²) in [5, 5.41) is 9.40. The van der Waals surface area contributed by atoms with Crippen LogP contribution in [0.3, 0.4) is 0 Å². The Hall–Kier alpha value is -4.67. The van der Waals surface area contributed by atoms with E-state index in [4.69, 9.17) is 4.74 Å². The second-order valence-corrected chi connectivity index (χ2v) is 8.58. The number of aromatic nitrogens is 3. The summed E-state index contributed by atoms with van der Waals surface area (Å²) in [6.45, 7) is 2.19. The predicted octanol–water partition coefficient (Wildman–Crippen LogP) is 4.25. The molecule has 0 aliphatic carbocycles. The van der Waals surface area contributed by atoms with E-state index < -0.39 is 11.7 Å². The molecule has 2 amide bonds. The molecule has 2 aromatic heterocycles. The van der Waals surface area contributed by atoms with Crippen molar-refractivity contribution >= 4 is 51.7 Å². The number of halogens is 1.